The van der Waals surface area contributed by atoms with Gasteiger partial charge in [0.2, 0.25) is 0 Å². The minimum absolute atomic E-state index is 0.521. The second kappa shape index (κ2) is 4.19. The molecule has 0 radical (unpaired) electrons. The molecule has 5 nitrogen and oxygen atoms in total. The van der Waals surface area contributed by atoms with Gasteiger partial charge in [0.25, 0.3) is 0 Å². The van der Waals surface area contributed by atoms with E-state index >= 15 is 0 Å². The van der Waals surface area contributed by atoms with Crippen LogP contribution in [0.25, 0.3) is 22.6 Å². The minimum Gasteiger partial charge on any atom is -0.320 e. The van der Waals surface area contributed by atoms with Gasteiger partial charge < -0.3 is 4.57 Å². The van der Waals surface area contributed by atoms with Gasteiger partial charge >= 0.3 is 0 Å². The van der Waals surface area contributed by atoms with Gasteiger partial charge in [-0.3, -0.25) is 4.68 Å². The Morgan fingerprint density at radius 3 is 2.71 bits per heavy atom. The van der Waals surface area contributed by atoms with Crippen LogP contribution in [0, 0.1) is 18.3 Å². The van der Waals surface area contributed by atoms with Crippen LogP contribution in [0.1, 0.15) is 30.1 Å². The van der Waals surface area contributed by atoms with Crippen molar-refractivity contribution in [1.29, 1.82) is 5.26 Å². The van der Waals surface area contributed by atoms with Crippen molar-refractivity contribution in [3.05, 3.63) is 35.5 Å². The lowest BCUT2D eigenvalue weighted by Crippen LogP contribution is -2.02. The van der Waals surface area contributed by atoms with Gasteiger partial charge in [0.15, 0.2) is 5.82 Å². The first-order valence-electron chi connectivity index (χ1n) is 7.10. The molecular formula is C16H15N5. The van der Waals surface area contributed by atoms with Crippen molar-refractivity contribution in [2.45, 2.75) is 25.8 Å². The number of aryl methyl sites for hydroxylation is 2. The molecule has 0 amide bonds. The standard InChI is InChI=1S/C16H15N5/c1-10-7-15(20(2)19-10)16-18-13-8-11(9-17)3-6-14(13)21(16)12-4-5-12/h3,6-8,12H,4-5H2,1-2H3. The van der Waals surface area contributed by atoms with E-state index in [2.05, 4.69) is 21.8 Å². The fourth-order valence-electron chi connectivity index (χ4n) is 2.87. The summed E-state index contributed by atoms with van der Waals surface area (Å²) in [5, 5.41) is 13.5. The zero-order valence-electron chi connectivity index (χ0n) is 12.0. The number of hydrogen-bond acceptors (Lipinski definition) is 3. The van der Waals surface area contributed by atoms with Gasteiger partial charge in [-0.1, -0.05) is 0 Å². The molecule has 0 atom stereocenters. The summed E-state index contributed by atoms with van der Waals surface area (Å²) in [6.45, 7) is 1.99. The molecule has 3 aromatic rings. The topological polar surface area (TPSA) is 59.4 Å². The summed E-state index contributed by atoms with van der Waals surface area (Å²) < 4.78 is 4.17. The highest BCUT2D eigenvalue weighted by molar-refractivity contribution is 5.82. The van der Waals surface area contributed by atoms with E-state index in [-0.39, 0.29) is 0 Å². The number of nitriles is 1. The molecule has 2 heterocycles. The van der Waals surface area contributed by atoms with Crippen molar-refractivity contribution >= 4 is 11.0 Å². The summed E-state index contributed by atoms with van der Waals surface area (Å²) >= 11 is 0. The molecule has 0 spiro atoms. The van der Waals surface area contributed by atoms with Crippen LogP contribution in [0.3, 0.4) is 0 Å². The van der Waals surface area contributed by atoms with Crippen molar-refractivity contribution < 1.29 is 0 Å². The molecule has 1 aliphatic carbocycles. The number of nitrogens with zero attached hydrogens (tertiary/aromatic N) is 5. The molecule has 104 valence electrons. The number of imidazole rings is 1. The highest BCUT2D eigenvalue weighted by Crippen LogP contribution is 2.41. The molecule has 1 saturated carbocycles. The Balaban J connectivity index is 2.02. The van der Waals surface area contributed by atoms with Gasteiger partial charge in [-0.25, -0.2) is 4.98 Å². The minimum atomic E-state index is 0.521. The molecule has 0 bridgehead atoms. The zero-order valence-corrected chi connectivity index (χ0v) is 12.0. The third-order valence-electron chi connectivity index (χ3n) is 3.96. The molecule has 5 heteroatoms. The second-order valence-electron chi connectivity index (χ2n) is 5.65. The average molecular weight is 277 g/mol. The molecule has 2 aromatic heterocycles. The lowest BCUT2D eigenvalue weighted by molar-refractivity contribution is 0.730. The van der Waals surface area contributed by atoms with Crippen molar-refractivity contribution in [2.75, 3.05) is 0 Å². The van der Waals surface area contributed by atoms with E-state index in [9.17, 15) is 0 Å². The van der Waals surface area contributed by atoms with Gasteiger partial charge in [-0.2, -0.15) is 10.4 Å². The number of fused-ring (bicyclic) bond motifs is 1. The predicted octanol–water partition coefficient (Wildman–Crippen LogP) is 2.95. The molecule has 1 aliphatic rings. The summed E-state index contributed by atoms with van der Waals surface area (Å²) in [5.74, 6) is 0.950. The number of rotatable bonds is 2. The Morgan fingerprint density at radius 1 is 1.29 bits per heavy atom. The fraction of sp³-hybridized carbons (Fsp3) is 0.312. The van der Waals surface area contributed by atoms with Crippen molar-refractivity contribution in [3.8, 4) is 17.6 Å². The van der Waals surface area contributed by atoms with E-state index in [0.717, 1.165) is 28.2 Å². The Labute approximate surface area is 122 Å². The summed E-state index contributed by atoms with van der Waals surface area (Å²) in [6.07, 6.45) is 2.38. The highest BCUT2D eigenvalue weighted by Gasteiger charge is 2.29. The summed E-state index contributed by atoms with van der Waals surface area (Å²) in [7, 11) is 1.94. The van der Waals surface area contributed by atoms with Gasteiger partial charge in [-0.05, 0) is 44.0 Å². The maximum atomic E-state index is 9.06. The fourth-order valence-corrected chi connectivity index (χ4v) is 2.87. The molecule has 0 saturated heterocycles. The molecule has 0 aliphatic heterocycles. The van der Waals surface area contributed by atoms with Crippen LogP contribution in [0.5, 0.6) is 0 Å². The van der Waals surface area contributed by atoms with E-state index in [0.29, 0.717) is 11.6 Å². The molecule has 1 aromatic carbocycles. The summed E-state index contributed by atoms with van der Waals surface area (Å²) in [6, 6.07) is 10.5. The zero-order chi connectivity index (χ0) is 14.6. The normalized spacial score (nSPS) is 14.5. The third kappa shape index (κ3) is 1.83. The summed E-state index contributed by atoms with van der Waals surface area (Å²) in [4.78, 5) is 4.78. The van der Waals surface area contributed by atoms with Gasteiger partial charge in [0.1, 0.15) is 5.69 Å². The Bertz CT molecular complexity index is 889. The van der Waals surface area contributed by atoms with Crippen LogP contribution >= 0.6 is 0 Å². The summed E-state index contributed by atoms with van der Waals surface area (Å²) in [5.41, 5.74) is 4.64. The first-order valence-corrected chi connectivity index (χ1v) is 7.10. The lowest BCUT2D eigenvalue weighted by Gasteiger charge is -2.07. The Morgan fingerprint density at radius 2 is 2.10 bits per heavy atom. The smallest absolute Gasteiger partial charge is 0.159 e. The van der Waals surface area contributed by atoms with Crippen LogP contribution in [-0.2, 0) is 7.05 Å². The van der Waals surface area contributed by atoms with Crippen LogP contribution < -0.4 is 0 Å². The number of hydrogen-bond donors (Lipinski definition) is 0. The number of aromatic nitrogens is 4. The van der Waals surface area contributed by atoms with E-state index in [4.69, 9.17) is 10.2 Å². The van der Waals surface area contributed by atoms with Crippen molar-refractivity contribution in [1.82, 2.24) is 19.3 Å². The molecule has 0 N–H and O–H groups in total. The lowest BCUT2D eigenvalue weighted by atomic mass is 10.2. The molecule has 4 rings (SSSR count). The highest BCUT2D eigenvalue weighted by atomic mass is 15.3. The Hall–Kier alpha value is -2.61. The average Bonchev–Trinajstić information content (AvgIpc) is 3.15. The first kappa shape index (κ1) is 12.2. The maximum Gasteiger partial charge on any atom is 0.159 e. The van der Waals surface area contributed by atoms with E-state index in [1.54, 1.807) is 0 Å². The van der Waals surface area contributed by atoms with Crippen LogP contribution in [0.15, 0.2) is 24.3 Å². The number of benzene rings is 1. The van der Waals surface area contributed by atoms with Gasteiger partial charge in [0.05, 0.1) is 28.4 Å². The van der Waals surface area contributed by atoms with E-state index < -0.39 is 0 Å². The van der Waals surface area contributed by atoms with Crippen LogP contribution in [0.2, 0.25) is 0 Å². The SMILES string of the molecule is Cc1cc(-c2nc3cc(C#N)ccc3n2C2CC2)n(C)n1. The molecule has 1 fully saturated rings. The molecule has 0 unspecified atom stereocenters. The van der Waals surface area contributed by atoms with Crippen molar-refractivity contribution in [2.24, 2.45) is 7.05 Å². The van der Waals surface area contributed by atoms with E-state index in [1.165, 1.54) is 12.8 Å². The molecule has 21 heavy (non-hydrogen) atoms. The van der Waals surface area contributed by atoms with Crippen molar-refractivity contribution in [3.63, 3.8) is 0 Å². The second-order valence-corrected chi connectivity index (χ2v) is 5.65. The van der Waals surface area contributed by atoms with Gasteiger partial charge in [0, 0.05) is 13.1 Å². The monoisotopic (exact) mass is 277 g/mol. The molecular weight excluding hydrogens is 262 g/mol. The third-order valence-corrected chi connectivity index (χ3v) is 3.96. The van der Waals surface area contributed by atoms with Crippen LogP contribution in [0.4, 0.5) is 0 Å². The quantitative estimate of drug-likeness (QED) is 0.723. The van der Waals surface area contributed by atoms with Gasteiger partial charge in [-0.15, -0.1) is 0 Å². The largest absolute Gasteiger partial charge is 0.320 e. The maximum absolute atomic E-state index is 9.06. The first-order chi connectivity index (χ1) is 10.2. The van der Waals surface area contributed by atoms with E-state index in [1.807, 2.05) is 36.9 Å². The Kier molecular flexibility index (Phi) is 2.43. The van der Waals surface area contributed by atoms with Crippen LogP contribution in [-0.4, -0.2) is 19.3 Å². The predicted molar refractivity (Wildman–Crippen MR) is 79.7 cm³/mol.